The summed E-state index contributed by atoms with van der Waals surface area (Å²) in [5, 5.41) is 0. The Labute approximate surface area is 152 Å². The number of halogens is 1. The maximum absolute atomic E-state index is 13.4. The maximum atomic E-state index is 13.4. The van der Waals surface area contributed by atoms with E-state index in [4.69, 9.17) is 0 Å². The normalized spacial score (nSPS) is 17.0. The van der Waals surface area contributed by atoms with E-state index in [9.17, 15) is 12.8 Å². The second-order valence-electron chi connectivity index (χ2n) is 6.69. The molecule has 1 aliphatic heterocycles. The Morgan fingerprint density at radius 3 is 2.62 bits per heavy atom. The number of para-hydroxylation sites is 2. The number of hydrogen-bond acceptors (Lipinski definition) is 3. The molecule has 1 aromatic heterocycles. The zero-order valence-electron chi connectivity index (χ0n) is 14.3. The van der Waals surface area contributed by atoms with Gasteiger partial charge >= 0.3 is 0 Å². The van der Waals surface area contributed by atoms with Crippen LogP contribution in [0.25, 0.3) is 11.0 Å². The number of rotatable bonds is 4. The standard InChI is InChI=1S/C19H20FN3O2S/c20-16-4-3-5-17(12-16)26(24,25)23-10-8-15(9-11-23)13-22-14-21-18-6-1-2-7-19(18)22/h1-7,12,14-15H,8-11,13H2. The molecule has 2 aromatic carbocycles. The zero-order valence-corrected chi connectivity index (χ0v) is 15.1. The smallest absolute Gasteiger partial charge is 0.243 e. The van der Waals surface area contributed by atoms with Crippen LogP contribution in [0.4, 0.5) is 4.39 Å². The van der Waals surface area contributed by atoms with E-state index in [-0.39, 0.29) is 4.90 Å². The number of fused-ring (bicyclic) bond motifs is 1. The Balaban J connectivity index is 1.44. The largest absolute Gasteiger partial charge is 0.330 e. The van der Waals surface area contributed by atoms with Crippen LogP contribution in [0.15, 0.2) is 59.8 Å². The lowest BCUT2D eigenvalue weighted by atomic mass is 9.98. The van der Waals surface area contributed by atoms with Crippen molar-refractivity contribution >= 4 is 21.1 Å². The van der Waals surface area contributed by atoms with Gasteiger partial charge in [0.2, 0.25) is 10.0 Å². The van der Waals surface area contributed by atoms with Gasteiger partial charge in [0, 0.05) is 19.6 Å². The van der Waals surface area contributed by atoms with E-state index in [2.05, 4.69) is 9.55 Å². The predicted molar refractivity (Wildman–Crippen MR) is 97.6 cm³/mol. The summed E-state index contributed by atoms with van der Waals surface area (Å²) < 4.78 is 42.3. The van der Waals surface area contributed by atoms with Gasteiger partial charge in [-0.2, -0.15) is 4.31 Å². The van der Waals surface area contributed by atoms with Crippen LogP contribution in [0.2, 0.25) is 0 Å². The summed E-state index contributed by atoms with van der Waals surface area (Å²) in [7, 11) is -3.63. The molecule has 0 saturated carbocycles. The van der Waals surface area contributed by atoms with Gasteiger partial charge < -0.3 is 4.57 Å². The van der Waals surface area contributed by atoms with E-state index in [1.165, 1.54) is 22.5 Å². The van der Waals surface area contributed by atoms with Crippen molar-refractivity contribution in [2.24, 2.45) is 5.92 Å². The molecule has 1 fully saturated rings. The van der Waals surface area contributed by atoms with E-state index >= 15 is 0 Å². The number of hydrogen-bond donors (Lipinski definition) is 0. The summed E-state index contributed by atoms with van der Waals surface area (Å²) in [6, 6.07) is 13.2. The number of piperidine rings is 1. The minimum atomic E-state index is -3.63. The first-order chi connectivity index (χ1) is 12.5. The van der Waals surface area contributed by atoms with Gasteiger partial charge in [0.15, 0.2) is 0 Å². The Bertz CT molecular complexity index is 1020. The molecule has 136 valence electrons. The fraction of sp³-hybridized carbons (Fsp3) is 0.316. The average Bonchev–Trinajstić information content (AvgIpc) is 3.05. The molecule has 7 heteroatoms. The molecule has 0 N–H and O–H groups in total. The molecule has 2 heterocycles. The topological polar surface area (TPSA) is 55.2 Å². The molecule has 0 aliphatic carbocycles. The number of nitrogens with zero attached hydrogens (tertiary/aromatic N) is 3. The van der Waals surface area contributed by atoms with Crippen molar-refractivity contribution in [1.82, 2.24) is 13.9 Å². The Morgan fingerprint density at radius 1 is 1.08 bits per heavy atom. The monoisotopic (exact) mass is 373 g/mol. The molecule has 0 radical (unpaired) electrons. The van der Waals surface area contributed by atoms with E-state index in [1.807, 2.05) is 30.6 Å². The zero-order chi connectivity index (χ0) is 18.1. The predicted octanol–water partition coefficient (Wildman–Crippen LogP) is 3.28. The minimum Gasteiger partial charge on any atom is -0.330 e. The van der Waals surface area contributed by atoms with Crippen molar-refractivity contribution in [3.8, 4) is 0 Å². The van der Waals surface area contributed by atoms with Gasteiger partial charge in [-0.05, 0) is 49.1 Å². The molecule has 1 aliphatic rings. The van der Waals surface area contributed by atoms with Crippen LogP contribution in [-0.4, -0.2) is 35.4 Å². The summed E-state index contributed by atoms with van der Waals surface area (Å²) in [6.45, 7) is 1.74. The Hall–Kier alpha value is -2.25. The molecule has 0 spiro atoms. The first-order valence-electron chi connectivity index (χ1n) is 8.69. The number of imidazole rings is 1. The Kier molecular flexibility index (Phi) is 4.50. The molecule has 1 saturated heterocycles. The Morgan fingerprint density at radius 2 is 1.85 bits per heavy atom. The van der Waals surface area contributed by atoms with Gasteiger partial charge in [-0.3, -0.25) is 0 Å². The molecule has 5 nitrogen and oxygen atoms in total. The first kappa shape index (κ1) is 17.2. The molecule has 3 aromatic rings. The molecule has 0 amide bonds. The minimum absolute atomic E-state index is 0.0246. The highest BCUT2D eigenvalue weighted by molar-refractivity contribution is 7.89. The van der Waals surface area contributed by atoms with Crippen LogP contribution >= 0.6 is 0 Å². The molecular formula is C19H20FN3O2S. The highest BCUT2D eigenvalue weighted by atomic mass is 32.2. The van der Waals surface area contributed by atoms with E-state index in [0.29, 0.717) is 19.0 Å². The second kappa shape index (κ2) is 6.81. The quantitative estimate of drug-likeness (QED) is 0.705. The number of benzene rings is 2. The SMILES string of the molecule is O=S(=O)(c1cccc(F)c1)N1CCC(Cn2cnc3ccccc32)CC1. The molecule has 4 rings (SSSR count). The van der Waals surface area contributed by atoms with Crippen molar-refractivity contribution in [1.29, 1.82) is 0 Å². The van der Waals surface area contributed by atoms with Crippen molar-refractivity contribution in [2.45, 2.75) is 24.3 Å². The average molecular weight is 373 g/mol. The lowest BCUT2D eigenvalue weighted by Gasteiger charge is -2.31. The summed E-state index contributed by atoms with van der Waals surface area (Å²) in [5.41, 5.74) is 2.07. The van der Waals surface area contributed by atoms with E-state index in [0.717, 1.165) is 36.5 Å². The fourth-order valence-electron chi connectivity index (χ4n) is 3.54. The molecule has 0 bridgehead atoms. The summed E-state index contributed by atoms with van der Waals surface area (Å²) in [6.07, 6.45) is 3.41. The molecular weight excluding hydrogens is 353 g/mol. The molecule has 0 unspecified atom stereocenters. The van der Waals surface area contributed by atoms with Crippen molar-refractivity contribution in [3.05, 3.63) is 60.7 Å². The summed E-state index contributed by atoms with van der Waals surface area (Å²) >= 11 is 0. The van der Waals surface area contributed by atoms with Crippen LogP contribution in [-0.2, 0) is 16.6 Å². The first-order valence-corrected chi connectivity index (χ1v) is 10.1. The van der Waals surface area contributed by atoms with Crippen LogP contribution in [0.5, 0.6) is 0 Å². The van der Waals surface area contributed by atoms with Gasteiger partial charge in [0.05, 0.1) is 22.3 Å². The van der Waals surface area contributed by atoms with E-state index < -0.39 is 15.8 Å². The highest BCUT2D eigenvalue weighted by Gasteiger charge is 2.29. The second-order valence-corrected chi connectivity index (χ2v) is 8.63. The third kappa shape index (κ3) is 3.24. The van der Waals surface area contributed by atoms with Gasteiger partial charge in [-0.15, -0.1) is 0 Å². The lowest BCUT2D eigenvalue weighted by Crippen LogP contribution is -2.39. The maximum Gasteiger partial charge on any atom is 0.243 e. The van der Waals surface area contributed by atoms with Crippen LogP contribution in [0.3, 0.4) is 0 Å². The third-order valence-electron chi connectivity index (χ3n) is 4.99. The molecule has 0 atom stereocenters. The van der Waals surface area contributed by atoms with Crippen LogP contribution in [0, 0.1) is 11.7 Å². The third-order valence-corrected chi connectivity index (χ3v) is 6.88. The van der Waals surface area contributed by atoms with Crippen molar-refractivity contribution in [2.75, 3.05) is 13.1 Å². The fourth-order valence-corrected chi connectivity index (χ4v) is 5.04. The highest BCUT2D eigenvalue weighted by Crippen LogP contribution is 2.26. The van der Waals surface area contributed by atoms with Crippen molar-refractivity contribution in [3.63, 3.8) is 0 Å². The van der Waals surface area contributed by atoms with Crippen LogP contribution < -0.4 is 0 Å². The number of sulfonamides is 1. The summed E-state index contributed by atoms with van der Waals surface area (Å²) in [5.74, 6) is -0.139. The molecule has 26 heavy (non-hydrogen) atoms. The lowest BCUT2D eigenvalue weighted by molar-refractivity contribution is 0.254. The van der Waals surface area contributed by atoms with Gasteiger partial charge in [-0.25, -0.2) is 17.8 Å². The van der Waals surface area contributed by atoms with E-state index in [1.54, 1.807) is 0 Å². The van der Waals surface area contributed by atoms with Gasteiger partial charge in [-0.1, -0.05) is 18.2 Å². The summed E-state index contributed by atoms with van der Waals surface area (Å²) in [4.78, 5) is 4.43. The van der Waals surface area contributed by atoms with Gasteiger partial charge in [0.1, 0.15) is 5.82 Å². The number of aromatic nitrogens is 2. The van der Waals surface area contributed by atoms with Crippen molar-refractivity contribution < 1.29 is 12.8 Å². The van der Waals surface area contributed by atoms with Crippen LogP contribution in [0.1, 0.15) is 12.8 Å². The van der Waals surface area contributed by atoms with Gasteiger partial charge in [0.25, 0.3) is 0 Å².